The van der Waals surface area contributed by atoms with Crippen molar-refractivity contribution >= 4 is 0 Å². The third-order valence-electron chi connectivity index (χ3n) is 3.19. The van der Waals surface area contributed by atoms with Gasteiger partial charge in [0.25, 0.3) is 0 Å². The van der Waals surface area contributed by atoms with E-state index in [0.717, 1.165) is 0 Å². The fraction of sp³-hybridized carbons (Fsp3) is 0.882. The number of unbranched alkanes of at least 4 members (excludes halogenated alkanes) is 7. The molecule has 0 heteroatoms. The zero-order valence-electron chi connectivity index (χ0n) is 12.7. The van der Waals surface area contributed by atoms with Crippen molar-refractivity contribution in [3.05, 3.63) is 12.2 Å². The van der Waals surface area contributed by atoms with Crippen molar-refractivity contribution in [2.24, 2.45) is 5.41 Å². The molecular weight excluding hydrogens is 204 g/mol. The summed E-state index contributed by atoms with van der Waals surface area (Å²) in [5.74, 6) is 0. The Morgan fingerprint density at radius 3 is 1.82 bits per heavy atom. The van der Waals surface area contributed by atoms with Crippen LogP contribution in [0.25, 0.3) is 0 Å². The van der Waals surface area contributed by atoms with Crippen LogP contribution in [0.5, 0.6) is 0 Å². The van der Waals surface area contributed by atoms with Crippen LogP contribution in [0.1, 0.15) is 91.9 Å². The Balaban J connectivity index is 3.11. The summed E-state index contributed by atoms with van der Waals surface area (Å²) in [5.41, 5.74) is 0.530. The van der Waals surface area contributed by atoms with Crippen LogP contribution >= 0.6 is 0 Å². The second-order valence-corrected chi connectivity index (χ2v) is 6.48. The van der Waals surface area contributed by atoms with E-state index in [4.69, 9.17) is 0 Å². The summed E-state index contributed by atoms with van der Waals surface area (Å²) in [6.45, 7) is 9.28. The van der Waals surface area contributed by atoms with Gasteiger partial charge in [0.15, 0.2) is 0 Å². The second-order valence-electron chi connectivity index (χ2n) is 6.48. The summed E-state index contributed by atoms with van der Waals surface area (Å²) >= 11 is 0. The molecule has 0 aliphatic heterocycles. The lowest BCUT2D eigenvalue weighted by atomic mass is 9.89. The Morgan fingerprint density at radius 1 is 0.706 bits per heavy atom. The molecule has 0 N–H and O–H groups in total. The van der Waals surface area contributed by atoms with Crippen molar-refractivity contribution in [3.8, 4) is 0 Å². The van der Waals surface area contributed by atoms with Crippen LogP contribution in [0.3, 0.4) is 0 Å². The zero-order valence-corrected chi connectivity index (χ0v) is 12.7. The van der Waals surface area contributed by atoms with Gasteiger partial charge >= 0.3 is 0 Å². The lowest BCUT2D eigenvalue weighted by molar-refractivity contribution is 0.356. The number of hydrogen-bond donors (Lipinski definition) is 0. The fourth-order valence-corrected chi connectivity index (χ4v) is 2.01. The first-order valence-electron chi connectivity index (χ1n) is 7.71. The van der Waals surface area contributed by atoms with Gasteiger partial charge in [-0.15, -0.1) is 0 Å². The maximum atomic E-state index is 2.38. The molecule has 17 heavy (non-hydrogen) atoms. The van der Waals surface area contributed by atoms with Crippen LogP contribution in [0.4, 0.5) is 0 Å². The molecule has 0 radical (unpaired) electrons. The van der Waals surface area contributed by atoms with Gasteiger partial charge in [-0.25, -0.2) is 0 Å². The molecule has 0 bridgehead atoms. The van der Waals surface area contributed by atoms with Crippen LogP contribution in [0.2, 0.25) is 0 Å². The molecule has 0 aromatic heterocycles. The van der Waals surface area contributed by atoms with Crippen LogP contribution < -0.4 is 0 Å². The highest BCUT2D eigenvalue weighted by molar-refractivity contribution is 4.81. The Labute approximate surface area is 110 Å². The lowest BCUT2D eigenvalue weighted by Crippen LogP contribution is -2.03. The molecule has 0 fully saturated rings. The molecule has 0 aromatic rings. The average Bonchev–Trinajstić information content (AvgIpc) is 2.24. The molecule has 0 atom stereocenters. The Bertz CT molecular complexity index is 171. The molecule has 0 nitrogen and oxygen atoms in total. The van der Waals surface area contributed by atoms with Crippen molar-refractivity contribution in [3.63, 3.8) is 0 Å². The van der Waals surface area contributed by atoms with E-state index >= 15 is 0 Å². The quantitative estimate of drug-likeness (QED) is 0.300. The van der Waals surface area contributed by atoms with Gasteiger partial charge < -0.3 is 0 Å². The summed E-state index contributed by atoms with van der Waals surface area (Å²) in [6.07, 6.45) is 18.4. The van der Waals surface area contributed by atoms with E-state index in [1.807, 2.05) is 0 Å². The van der Waals surface area contributed by atoms with Gasteiger partial charge in [-0.1, -0.05) is 78.4 Å². The highest BCUT2D eigenvalue weighted by atomic mass is 14.1. The molecule has 0 aliphatic carbocycles. The number of hydrogen-bond acceptors (Lipinski definition) is 0. The maximum Gasteiger partial charge on any atom is -0.0351 e. The third-order valence-corrected chi connectivity index (χ3v) is 3.19. The summed E-state index contributed by atoms with van der Waals surface area (Å²) in [6, 6.07) is 0. The molecule has 0 unspecified atom stereocenters. The first kappa shape index (κ1) is 16.7. The van der Waals surface area contributed by atoms with Gasteiger partial charge in [0.2, 0.25) is 0 Å². The highest BCUT2D eigenvalue weighted by Gasteiger charge is 2.08. The Hall–Kier alpha value is -0.260. The molecule has 0 aliphatic rings. The minimum atomic E-state index is 0.530. The average molecular weight is 238 g/mol. The molecule has 102 valence electrons. The lowest BCUT2D eigenvalue weighted by Gasteiger charge is -2.17. The maximum absolute atomic E-state index is 2.38. The van der Waals surface area contributed by atoms with E-state index in [1.54, 1.807) is 0 Å². The summed E-state index contributed by atoms with van der Waals surface area (Å²) in [7, 11) is 0. The van der Waals surface area contributed by atoms with E-state index in [-0.39, 0.29) is 0 Å². The van der Waals surface area contributed by atoms with E-state index in [9.17, 15) is 0 Å². The first-order chi connectivity index (χ1) is 8.06. The van der Waals surface area contributed by atoms with Gasteiger partial charge in [-0.3, -0.25) is 0 Å². The summed E-state index contributed by atoms with van der Waals surface area (Å²) in [4.78, 5) is 0. The zero-order chi connectivity index (χ0) is 13.0. The van der Waals surface area contributed by atoms with E-state index in [0.29, 0.717) is 5.41 Å². The minimum absolute atomic E-state index is 0.530. The van der Waals surface area contributed by atoms with Crippen molar-refractivity contribution in [2.45, 2.75) is 91.9 Å². The molecule has 0 spiro atoms. The minimum Gasteiger partial charge on any atom is -0.0885 e. The van der Waals surface area contributed by atoms with Gasteiger partial charge in [-0.05, 0) is 31.1 Å². The fourth-order valence-electron chi connectivity index (χ4n) is 2.01. The predicted molar refractivity (Wildman–Crippen MR) is 80.4 cm³/mol. The molecule has 0 aromatic carbocycles. The van der Waals surface area contributed by atoms with Crippen molar-refractivity contribution in [1.29, 1.82) is 0 Å². The summed E-state index contributed by atoms with van der Waals surface area (Å²) in [5, 5.41) is 0. The predicted octanol–water partition coefficient (Wildman–Crippen LogP) is 6.51. The molecule has 0 rings (SSSR count). The van der Waals surface area contributed by atoms with Crippen molar-refractivity contribution in [1.82, 2.24) is 0 Å². The molecule has 0 saturated carbocycles. The monoisotopic (exact) mass is 238 g/mol. The largest absolute Gasteiger partial charge is 0.0885 e. The Morgan fingerprint density at radius 2 is 1.24 bits per heavy atom. The van der Waals surface area contributed by atoms with Gasteiger partial charge in [0.05, 0.1) is 0 Å². The van der Waals surface area contributed by atoms with Crippen molar-refractivity contribution in [2.75, 3.05) is 0 Å². The Kier molecular flexibility index (Phi) is 10.7. The standard InChI is InChI=1S/C17H34/c1-5-6-7-8-9-10-11-12-13-14-15-16-17(2,3)4/h8-9H,5-7,10-16H2,1-4H3/b9-8-. The topological polar surface area (TPSA) is 0 Å². The van der Waals surface area contributed by atoms with E-state index in [2.05, 4.69) is 39.8 Å². The van der Waals surface area contributed by atoms with Crippen LogP contribution in [-0.2, 0) is 0 Å². The van der Waals surface area contributed by atoms with Gasteiger partial charge in [0, 0.05) is 0 Å². The van der Waals surface area contributed by atoms with Gasteiger partial charge in [0.1, 0.15) is 0 Å². The number of allylic oxidation sites excluding steroid dienone is 2. The summed E-state index contributed by atoms with van der Waals surface area (Å²) < 4.78 is 0. The smallest absolute Gasteiger partial charge is 0.0351 e. The third kappa shape index (κ3) is 15.7. The number of rotatable bonds is 10. The highest BCUT2D eigenvalue weighted by Crippen LogP contribution is 2.22. The van der Waals surface area contributed by atoms with Crippen LogP contribution in [0.15, 0.2) is 12.2 Å². The molecule has 0 amide bonds. The molecule has 0 heterocycles. The SMILES string of the molecule is CCCC/C=C\CCCCCCCC(C)(C)C. The van der Waals surface area contributed by atoms with Crippen molar-refractivity contribution < 1.29 is 0 Å². The normalized spacial score (nSPS) is 12.5. The second kappa shape index (κ2) is 10.9. The molecular formula is C17H34. The van der Waals surface area contributed by atoms with E-state index < -0.39 is 0 Å². The first-order valence-corrected chi connectivity index (χ1v) is 7.71. The van der Waals surface area contributed by atoms with Crippen LogP contribution in [-0.4, -0.2) is 0 Å². The molecule has 0 saturated heterocycles. The van der Waals surface area contributed by atoms with Crippen LogP contribution in [0, 0.1) is 5.41 Å². The van der Waals surface area contributed by atoms with E-state index in [1.165, 1.54) is 64.2 Å². The van der Waals surface area contributed by atoms with Gasteiger partial charge in [-0.2, -0.15) is 0 Å².